The molecule has 0 radical (unpaired) electrons. The molecule has 0 aliphatic rings. The van der Waals surface area contributed by atoms with Gasteiger partial charge < -0.3 is 14.4 Å². The molecule has 2 rings (SSSR count). The molecule has 0 amide bonds. The second-order valence-electron chi connectivity index (χ2n) is 3.89. The molecular weight excluding hydrogens is 270 g/mol. The van der Waals surface area contributed by atoms with Crippen molar-refractivity contribution >= 4 is 17.6 Å². The number of nitrogens with zero attached hydrogens (tertiary/aromatic N) is 1. The molecule has 0 atom stereocenters. The van der Waals surface area contributed by atoms with Gasteiger partial charge in [0, 0.05) is 11.6 Å². The van der Waals surface area contributed by atoms with Crippen molar-refractivity contribution < 1.29 is 19.2 Å². The SMILES string of the molecule is CCc1cc(Cl)c(OC)c(-c2cc(C(=O)O)on2)c1. The number of hydrogen-bond acceptors (Lipinski definition) is 4. The predicted octanol–water partition coefficient (Wildman–Crippen LogP) is 3.26. The van der Waals surface area contributed by atoms with Crippen LogP contribution in [0.5, 0.6) is 5.75 Å². The first-order valence-electron chi connectivity index (χ1n) is 5.63. The van der Waals surface area contributed by atoms with Gasteiger partial charge in [0.1, 0.15) is 11.4 Å². The molecule has 19 heavy (non-hydrogen) atoms. The summed E-state index contributed by atoms with van der Waals surface area (Å²) in [5.74, 6) is -0.949. The number of aryl methyl sites for hydroxylation is 1. The lowest BCUT2D eigenvalue weighted by molar-refractivity contribution is 0.0652. The Labute approximate surface area is 114 Å². The van der Waals surface area contributed by atoms with Crippen LogP contribution in [0, 0.1) is 0 Å². The Balaban J connectivity index is 2.58. The molecule has 1 heterocycles. The second kappa shape index (κ2) is 5.32. The van der Waals surface area contributed by atoms with E-state index in [1.807, 2.05) is 19.1 Å². The highest BCUT2D eigenvalue weighted by atomic mass is 35.5. The molecule has 6 heteroatoms. The van der Waals surface area contributed by atoms with Crippen LogP contribution in [-0.2, 0) is 6.42 Å². The van der Waals surface area contributed by atoms with E-state index in [2.05, 4.69) is 5.16 Å². The Kier molecular flexibility index (Phi) is 3.76. The molecule has 0 aliphatic heterocycles. The summed E-state index contributed by atoms with van der Waals surface area (Å²) >= 11 is 6.13. The molecule has 1 aromatic heterocycles. The first-order chi connectivity index (χ1) is 9.06. The van der Waals surface area contributed by atoms with E-state index in [9.17, 15) is 4.79 Å². The van der Waals surface area contributed by atoms with E-state index in [0.29, 0.717) is 22.0 Å². The molecule has 0 aliphatic carbocycles. The summed E-state index contributed by atoms with van der Waals surface area (Å²) < 4.78 is 9.98. The average Bonchev–Trinajstić information content (AvgIpc) is 2.87. The highest BCUT2D eigenvalue weighted by Crippen LogP contribution is 2.37. The summed E-state index contributed by atoms with van der Waals surface area (Å²) in [7, 11) is 1.49. The molecule has 5 nitrogen and oxygen atoms in total. The third kappa shape index (κ3) is 2.56. The number of hydrogen-bond donors (Lipinski definition) is 1. The normalized spacial score (nSPS) is 10.5. The zero-order chi connectivity index (χ0) is 14.0. The minimum absolute atomic E-state index is 0.227. The van der Waals surface area contributed by atoms with Gasteiger partial charge in [0.25, 0.3) is 0 Å². The van der Waals surface area contributed by atoms with Crippen LogP contribution in [0.4, 0.5) is 0 Å². The molecule has 0 saturated heterocycles. The molecule has 0 spiro atoms. The summed E-state index contributed by atoms with van der Waals surface area (Å²) in [5.41, 5.74) is 2.00. The van der Waals surface area contributed by atoms with Gasteiger partial charge in [-0.1, -0.05) is 23.7 Å². The fraction of sp³-hybridized carbons (Fsp3) is 0.231. The number of aromatic nitrogens is 1. The number of carboxylic acid groups (broad SMARTS) is 1. The maximum atomic E-state index is 10.8. The van der Waals surface area contributed by atoms with Gasteiger partial charge in [-0.25, -0.2) is 4.79 Å². The quantitative estimate of drug-likeness (QED) is 0.931. The molecule has 2 aromatic rings. The Hall–Kier alpha value is -2.01. The summed E-state index contributed by atoms with van der Waals surface area (Å²) in [5, 5.41) is 13.0. The predicted molar refractivity (Wildman–Crippen MR) is 69.8 cm³/mol. The smallest absolute Gasteiger partial charge is 0.374 e. The van der Waals surface area contributed by atoms with Gasteiger partial charge in [0.15, 0.2) is 0 Å². The molecule has 1 aromatic carbocycles. The largest absolute Gasteiger partial charge is 0.494 e. The standard InChI is InChI=1S/C13H12ClNO4/c1-3-7-4-8(12(18-2)9(14)5-7)10-6-11(13(16)17)19-15-10/h4-6H,3H2,1-2H3,(H,16,17). The number of methoxy groups -OCH3 is 1. The minimum Gasteiger partial charge on any atom is -0.494 e. The molecule has 100 valence electrons. The molecule has 0 bridgehead atoms. The third-order valence-corrected chi connectivity index (χ3v) is 2.99. The number of aromatic carboxylic acids is 1. The Morgan fingerprint density at radius 2 is 2.21 bits per heavy atom. The fourth-order valence-corrected chi connectivity index (χ4v) is 2.07. The zero-order valence-electron chi connectivity index (χ0n) is 10.4. The van der Waals surface area contributed by atoms with E-state index in [4.69, 9.17) is 26.0 Å². The van der Waals surface area contributed by atoms with Crippen LogP contribution in [0.2, 0.25) is 5.02 Å². The van der Waals surface area contributed by atoms with Crippen molar-refractivity contribution in [3.63, 3.8) is 0 Å². The lowest BCUT2D eigenvalue weighted by atomic mass is 10.0. The molecule has 0 fully saturated rings. The lowest BCUT2D eigenvalue weighted by Gasteiger charge is -2.10. The van der Waals surface area contributed by atoms with Gasteiger partial charge >= 0.3 is 5.97 Å². The van der Waals surface area contributed by atoms with E-state index in [0.717, 1.165) is 12.0 Å². The first-order valence-corrected chi connectivity index (χ1v) is 6.01. The van der Waals surface area contributed by atoms with Crippen molar-refractivity contribution in [1.82, 2.24) is 5.16 Å². The van der Waals surface area contributed by atoms with Crippen molar-refractivity contribution in [1.29, 1.82) is 0 Å². The second-order valence-corrected chi connectivity index (χ2v) is 4.30. The number of carbonyl (C=O) groups is 1. The van der Waals surface area contributed by atoms with E-state index in [-0.39, 0.29) is 5.76 Å². The van der Waals surface area contributed by atoms with Crippen LogP contribution in [-0.4, -0.2) is 23.3 Å². The number of benzene rings is 1. The van der Waals surface area contributed by atoms with Gasteiger partial charge in [0.2, 0.25) is 5.76 Å². The summed E-state index contributed by atoms with van der Waals surface area (Å²) in [6.45, 7) is 1.99. The monoisotopic (exact) mass is 281 g/mol. The van der Waals surface area contributed by atoms with Crippen molar-refractivity contribution in [3.8, 4) is 17.0 Å². The molecule has 0 saturated carbocycles. The average molecular weight is 282 g/mol. The number of carboxylic acids is 1. The van der Waals surface area contributed by atoms with Gasteiger partial charge in [0.05, 0.1) is 12.1 Å². The Bertz CT molecular complexity index is 621. The van der Waals surface area contributed by atoms with Gasteiger partial charge in [-0.3, -0.25) is 0 Å². The van der Waals surface area contributed by atoms with Crippen molar-refractivity contribution in [3.05, 3.63) is 34.5 Å². The maximum absolute atomic E-state index is 10.8. The minimum atomic E-state index is -1.17. The molecule has 0 unspecified atom stereocenters. The van der Waals surface area contributed by atoms with Crippen LogP contribution in [0.15, 0.2) is 22.7 Å². The van der Waals surface area contributed by atoms with Crippen LogP contribution in [0.25, 0.3) is 11.3 Å². The van der Waals surface area contributed by atoms with Crippen molar-refractivity contribution in [2.24, 2.45) is 0 Å². The van der Waals surface area contributed by atoms with Crippen LogP contribution in [0.1, 0.15) is 23.0 Å². The maximum Gasteiger partial charge on any atom is 0.374 e. The Morgan fingerprint density at radius 3 is 2.74 bits per heavy atom. The highest BCUT2D eigenvalue weighted by Gasteiger charge is 2.18. The molecular formula is C13H12ClNO4. The summed E-state index contributed by atoms with van der Waals surface area (Å²) in [6, 6.07) is 5.01. The van der Waals surface area contributed by atoms with E-state index in [1.54, 1.807) is 0 Å². The third-order valence-electron chi connectivity index (χ3n) is 2.71. The van der Waals surface area contributed by atoms with Crippen LogP contribution < -0.4 is 4.74 Å². The number of ether oxygens (including phenoxy) is 1. The van der Waals surface area contributed by atoms with E-state index in [1.165, 1.54) is 13.2 Å². The summed E-state index contributed by atoms with van der Waals surface area (Å²) in [6.07, 6.45) is 0.792. The summed E-state index contributed by atoms with van der Waals surface area (Å²) in [4.78, 5) is 10.8. The van der Waals surface area contributed by atoms with Crippen LogP contribution in [0.3, 0.4) is 0 Å². The van der Waals surface area contributed by atoms with Crippen molar-refractivity contribution in [2.45, 2.75) is 13.3 Å². The van der Waals surface area contributed by atoms with E-state index < -0.39 is 5.97 Å². The van der Waals surface area contributed by atoms with Gasteiger partial charge in [-0.05, 0) is 24.1 Å². The van der Waals surface area contributed by atoms with Gasteiger partial charge in [-0.15, -0.1) is 0 Å². The Morgan fingerprint density at radius 1 is 1.47 bits per heavy atom. The van der Waals surface area contributed by atoms with Crippen molar-refractivity contribution in [2.75, 3.05) is 7.11 Å². The zero-order valence-corrected chi connectivity index (χ0v) is 11.2. The topological polar surface area (TPSA) is 72.6 Å². The van der Waals surface area contributed by atoms with Gasteiger partial charge in [-0.2, -0.15) is 0 Å². The number of halogens is 1. The number of rotatable bonds is 4. The fourth-order valence-electron chi connectivity index (χ4n) is 1.75. The van der Waals surface area contributed by atoms with E-state index >= 15 is 0 Å². The first kappa shape index (κ1) is 13.4. The molecule has 1 N–H and O–H groups in total. The highest BCUT2D eigenvalue weighted by molar-refractivity contribution is 6.32. The van der Waals surface area contributed by atoms with Crippen LogP contribution >= 0.6 is 11.6 Å². The lowest BCUT2D eigenvalue weighted by Crippen LogP contribution is -1.93.